The van der Waals surface area contributed by atoms with Gasteiger partial charge in [-0.25, -0.2) is 0 Å². The zero-order valence-electron chi connectivity index (χ0n) is 13.6. The van der Waals surface area contributed by atoms with Gasteiger partial charge in [-0.1, -0.05) is 11.6 Å². The predicted octanol–water partition coefficient (Wildman–Crippen LogP) is 3.17. The molecule has 1 aromatic rings. The van der Waals surface area contributed by atoms with Crippen molar-refractivity contribution < 1.29 is 14.3 Å². The van der Waals surface area contributed by atoms with Crippen LogP contribution < -0.4 is 14.8 Å². The van der Waals surface area contributed by atoms with Gasteiger partial charge in [0, 0.05) is 24.6 Å². The van der Waals surface area contributed by atoms with Crippen molar-refractivity contribution in [3.63, 3.8) is 0 Å². The first-order valence-corrected chi connectivity index (χ1v) is 8.51. The number of nitrogens with one attached hydrogen (secondary N) is 1. The Morgan fingerprint density at radius 2 is 2.00 bits per heavy atom. The maximum atomic E-state index is 12.3. The maximum absolute atomic E-state index is 12.3. The summed E-state index contributed by atoms with van der Waals surface area (Å²) in [4.78, 5) is 14.4. The monoisotopic (exact) mass is 338 g/mol. The molecule has 1 aromatic carbocycles. The van der Waals surface area contributed by atoms with Gasteiger partial charge < -0.3 is 14.8 Å². The Labute approximate surface area is 141 Å². The molecule has 1 aliphatic heterocycles. The third-order valence-electron chi connectivity index (χ3n) is 4.50. The fraction of sp³-hybridized carbons (Fsp3) is 0.588. The molecular formula is C17H23ClN2O3. The molecule has 1 fully saturated rings. The Balaban J connectivity index is 1.64. The highest BCUT2D eigenvalue weighted by Gasteiger charge is 2.31. The second-order valence-electron chi connectivity index (χ2n) is 6.37. The molecule has 1 unspecified atom stereocenters. The quantitative estimate of drug-likeness (QED) is 0.896. The number of carbonyl (C=O) groups excluding carboxylic acids is 1. The number of hydrogen-bond donors (Lipinski definition) is 1. The summed E-state index contributed by atoms with van der Waals surface area (Å²) in [5, 5.41) is 3.34. The van der Waals surface area contributed by atoms with Crippen LogP contribution in [-0.4, -0.2) is 43.7 Å². The summed E-state index contributed by atoms with van der Waals surface area (Å²) in [6.07, 6.45) is 3.36. The van der Waals surface area contributed by atoms with Gasteiger partial charge in [-0.2, -0.15) is 0 Å². The van der Waals surface area contributed by atoms with Crippen LogP contribution in [0.25, 0.3) is 0 Å². The lowest BCUT2D eigenvalue weighted by atomic mass is 10.2. The molecule has 0 radical (unpaired) electrons. The van der Waals surface area contributed by atoms with Crippen LogP contribution in [0.3, 0.4) is 0 Å². The molecule has 1 aliphatic carbocycles. The third-order valence-corrected chi connectivity index (χ3v) is 4.82. The number of rotatable bonds is 5. The number of fused-ring (bicyclic) bond motifs is 1. The Kier molecular flexibility index (Phi) is 4.97. The summed E-state index contributed by atoms with van der Waals surface area (Å²) in [6, 6.07) is 3.87. The molecule has 0 bridgehead atoms. The molecule has 126 valence electrons. The van der Waals surface area contributed by atoms with Crippen molar-refractivity contribution in [3.05, 3.63) is 17.2 Å². The molecule has 1 N–H and O–H groups in total. The van der Waals surface area contributed by atoms with E-state index in [1.807, 2.05) is 7.05 Å². The van der Waals surface area contributed by atoms with Crippen molar-refractivity contribution in [1.29, 1.82) is 0 Å². The average molecular weight is 339 g/mol. The minimum Gasteiger partial charge on any atom is -0.490 e. The second-order valence-corrected chi connectivity index (χ2v) is 6.78. The van der Waals surface area contributed by atoms with E-state index in [-0.39, 0.29) is 5.91 Å². The molecule has 1 atom stereocenters. The Morgan fingerprint density at radius 1 is 1.35 bits per heavy atom. The van der Waals surface area contributed by atoms with Gasteiger partial charge in [-0.15, -0.1) is 0 Å². The summed E-state index contributed by atoms with van der Waals surface area (Å²) in [7, 11) is 1.98. The van der Waals surface area contributed by atoms with Crippen molar-refractivity contribution in [2.45, 2.75) is 32.2 Å². The number of nitrogens with zero attached hydrogens (tertiary/aromatic N) is 1. The summed E-state index contributed by atoms with van der Waals surface area (Å²) in [5.74, 6) is 1.91. The highest BCUT2D eigenvalue weighted by molar-refractivity contribution is 6.34. The van der Waals surface area contributed by atoms with Crippen molar-refractivity contribution in [3.8, 4) is 11.5 Å². The first kappa shape index (κ1) is 16.4. The molecule has 0 aromatic heterocycles. The highest BCUT2D eigenvalue weighted by Crippen LogP contribution is 2.38. The van der Waals surface area contributed by atoms with E-state index in [9.17, 15) is 4.79 Å². The zero-order valence-corrected chi connectivity index (χ0v) is 14.4. The van der Waals surface area contributed by atoms with Crippen LogP contribution in [-0.2, 0) is 4.79 Å². The Morgan fingerprint density at radius 3 is 2.65 bits per heavy atom. The number of anilines is 1. The van der Waals surface area contributed by atoms with E-state index in [0.717, 1.165) is 12.3 Å². The number of carbonyl (C=O) groups is 1. The average Bonchev–Trinajstić information content (AvgIpc) is 3.33. The fourth-order valence-corrected chi connectivity index (χ4v) is 2.98. The van der Waals surface area contributed by atoms with Gasteiger partial charge in [0.05, 0.1) is 30.5 Å². The molecule has 1 saturated carbocycles. The standard InChI is InChI=1S/C17H23ClN2O3/c1-11(12-4-5-12)20(2)10-17(21)19-14-9-16-15(8-13(14)18)22-6-3-7-23-16/h8-9,11-12H,3-7,10H2,1-2H3,(H,19,21). The van der Waals surface area contributed by atoms with Gasteiger partial charge in [-0.05, 0) is 32.7 Å². The Bertz CT molecular complexity index is 589. The van der Waals surface area contributed by atoms with E-state index in [0.29, 0.717) is 48.0 Å². The van der Waals surface area contributed by atoms with Gasteiger partial charge in [0.15, 0.2) is 11.5 Å². The van der Waals surface area contributed by atoms with Crippen LogP contribution in [0.1, 0.15) is 26.2 Å². The summed E-state index contributed by atoms with van der Waals surface area (Å²) in [5.41, 5.74) is 0.563. The van der Waals surface area contributed by atoms with E-state index in [1.54, 1.807) is 12.1 Å². The topological polar surface area (TPSA) is 50.8 Å². The van der Waals surface area contributed by atoms with Crippen molar-refractivity contribution in [2.75, 3.05) is 32.1 Å². The van der Waals surface area contributed by atoms with E-state index in [2.05, 4.69) is 17.1 Å². The molecule has 1 heterocycles. The number of benzene rings is 1. The SMILES string of the molecule is CC(C1CC1)N(C)CC(=O)Nc1cc2c(cc1Cl)OCCCO2. The summed E-state index contributed by atoms with van der Waals surface area (Å²) >= 11 is 6.25. The first-order chi connectivity index (χ1) is 11.0. The molecule has 23 heavy (non-hydrogen) atoms. The number of amides is 1. The molecule has 0 spiro atoms. The van der Waals surface area contributed by atoms with E-state index in [4.69, 9.17) is 21.1 Å². The van der Waals surface area contributed by atoms with Crippen LogP contribution in [0.2, 0.25) is 5.02 Å². The van der Waals surface area contributed by atoms with Gasteiger partial charge in [0.1, 0.15) is 0 Å². The number of likely N-dealkylation sites (N-methyl/N-ethyl adjacent to an activating group) is 1. The van der Waals surface area contributed by atoms with Crippen molar-refractivity contribution in [1.82, 2.24) is 4.90 Å². The van der Waals surface area contributed by atoms with Crippen LogP contribution in [0.5, 0.6) is 11.5 Å². The molecule has 6 heteroatoms. The van der Waals surface area contributed by atoms with Gasteiger partial charge >= 0.3 is 0 Å². The minimum atomic E-state index is -0.0728. The van der Waals surface area contributed by atoms with Crippen LogP contribution in [0.4, 0.5) is 5.69 Å². The van der Waals surface area contributed by atoms with Crippen LogP contribution in [0, 0.1) is 5.92 Å². The fourth-order valence-electron chi connectivity index (χ4n) is 2.78. The molecule has 0 saturated heterocycles. The smallest absolute Gasteiger partial charge is 0.238 e. The number of ether oxygens (including phenoxy) is 2. The van der Waals surface area contributed by atoms with Gasteiger partial charge in [0.25, 0.3) is 0 Å². The van der Waals surface area contributed by atoms with Crippen LogP contribution >= 0.6 is 11.6 Å². The highest BCUT2D eigenvalue weighted by atomic mass is 35.5. The molecule has 2 aliphatic rings. The second kappa shape index (κ2) is 6.97. The zero-order chi connectivity index (χ0) is 16.4. The lowest BCUT2D eigenvalue weighted by Gasteiger charge is -2.24. The lowest BCUT2D eigenvalue weighted by Crippen LogP contribution is -2.37. The number of halogens is 1. The first-order valence-electron chi connectivity index (χ1n) is 8.14. The van der Waals surface area contributed by atoms with E-state index in [1.165, 1.54) is 12.8 Å². The van der Waals surface area contributed by atoms with Crippen molar-refractivity contribution in [2.24, 2.45) is 5.92 Å². The van der Waals surface area contributed by atoms with Crippen molar-refractivity contribution >= 4 is 23.2 Å². The summed E-state index contributed by atoms with van der Waals surface area (Å²) in [6.45, 7) is 3.73. The maximum Gasteiger partial charge on any atom is 0.238 e. The molecular weight excluding hydrogens is 316 g/mol. The third kappa shape index (κ3) is 4.09. The lowest BCUT2D eigenvalue weighted by molar-refractivity contribution is -0.117. The van der Waals surface area contributed by atoms with Crippen LogP contribution in [0.15, 0.2) is 12.1 Å². The number of hydrogen-bond acceptors (Lipinski definition) is 4. The van der Waals surface area contributed by atoms with Gasteiger partial charge in [0.2, 0.25) is 5.91 Å². The molecule has 5 nitrogen and oxygen atoms in total. The largest absolute Gasteiger partial charge is 0.490 e. The van der Waals surface area contributed by atoms with E-state index >= 15 is 0 Å². The molecule has 1 amide bonds. The molecule has 3 rings (SSSR count). The van der Waals surface area contributed by atoms with Gasteiger partial charge in [-0.3, -0.25) is 9.69 Å². The minimum absolute atomic E-state index is 0.0728. The predicted molar refractivity (Wildman–Crippen MR) is 90.5 cm³/mol. The van der Waals surface area contributed by atoms with E-state index < -0.39 is 0 Å². The normalized spacial score (nSPS) is 18.4. The summed E-state index contributed by atoms with van der Waals surface area (Å²) < 4.78 is 11.2. The Hall–Kier alpha value is -1.46.